The number of halogens is 2. The number of hydrogen-bond acceptors (Lipinski definition) is 4. The average Bonchev–Trinajstić information content (AvgIpc) is 2.34. The van der Waals surface area contributed by atoms with Crippen molar-refractivity contribution < 1.29 is 17.2 Å². The molecule has 0 atom stereocenters. The van der Waals surface area contributed by atoms with Crippen molar-refractivity contribution in [1.82, 2.24) is 10.2 Å². The molecule has 1 N–H and O–H groups in total. The Bertz CT molecular complexity index is 569. The summed E-state index contributed by atoms with van der Waals surface area (Å²) in [6.45, 7) is 2.97. The number of nitrogens with one attached hydrogen (secondary N) is 1. The van der Waals surface area contributed by atoms with Gasteiger partial charge in [-0.2, -0.15) is 0 Å². The summed E-state index contributed by atoms with van der Waals surface area (Å²) in [6.07, 6.45) is 0.915. The molecule has 0 amide bonds. The van der Waals surface area contributed by atoms with Crippen molar-refractivity contribution in [1.29, 1.82) is 0 Å². The maximum atomic E-state index is 14.1. The van der Waals surface area contributed by atoms with Crippen LogP contribution in [0.3, 0.4) is 0 Å². The number of hydrogen-bond donors (Lipinski definition) is 1. The Morgan fingerprint density at radius 3 is 2.47 bits per heavy atom. The lowest BCUT2D eigenvalue weighted by Crippen LogP contribution is -2.43. The molecule has 7 heteroatoms. The fourth-order valence-electron chi connectivity index (χ4n) is 2.10. The molecule has 4 nitrogen and oxygen atoms in total. The zero-order valence-corrected chi connectivity index (χ0v) is 11.4. The molecule has 1 fully saturated rings. The lowest BCUT2D eigenvalue weighted by atomic mass is 10.1. The standard InChI is InChI=1S/C12H16F2N2O2S/c1-19(17,18)11-3-2-10(13)9(12(11)14)8-16-6-4-15-5-7-16/h2-3,15H,4-8H2,1H3. The van der Waals surface area contributed by atoms with Gasteiger partial charge in [0.05, 0.1) is 0 Å². The summed E-state index contributed by atoms with van der Waals surface area (Å²) in [5, 5.41) is 3.14. The first kappa shape index (κ1) is 14.4. The molecule has 0 aromatic heterocycles. The zero-order chi connectivity index (χ0) is 14.0. The van der Waals surface area contributed by atoms with Crippen LogP contribution in [0.25, 0.3) is 0 Å². The number of piperazine rings is 1. The lowest BCUT2D eigenvalue weighted by Gasteiger charge is -2.27. The Balaban J connectivity index is 2.33. The Hall–Kier alpha value is -1.05. The van der Waals surface area contributed by atoms with Crippen LogP contribution in [0.15, 0.2) is 17.0 Å². The fraction of sp³-hybridized carbons (Fsp3) is 0.500. The van der Waals surface area contributed by atoms with Gasteiger partial charge in [0, 0.05) is 44.5 Å². The molecule has 1 aliphatic heterocycles. The largest absolute Gasteiger partial charge is 0.314 e. The van der Waals surface area contributed by atoms with Gasteiger partial charge in [-0.3, -0.25) is 4.90 Å². The van der Waals surface area contributed by atoms with Crippen LogP contribution >= 0.6 is 0 Å². The lowest BCUT2D eigenvalue weighted by molar-refractivity contribution is 0.226. The minimum Gasteiger partial charge on any atom is -0.314 e. The van der Waals surface area contributed by atoms with Crippen LogP contribution in [0.5, 0.6) is 0 Å². The Kier molecular flexibility index (Phi) is 4.17. The second kappa shape index (κ2) is 5.52. The van der Waals surface area contributed by atoms with Gasteiger partial charge in [-0.1, -0.05) is 0 Å². The molecule has 0 saturated carbocycles. The molecule has 106 valence electrons. The van der Waals surface area contributed by atoms with E-state index in [0.29, 0.717) is 13.1 Å². The van der Waals surface area contributed by atoms with E-state index in [1.54, 1.807) is 0 Å². The fourth-order valence-corrected chi connectivity index (χ4v) is 2.86. The van der Waals surface area contributed by atoms with Crippen LogP contribution in [0, 0.1) is 11.6 Å². The molecule has 0 bridgehead atoms. The number of benzene rings is 1. The summed E-state index contributed by atoms with van der Waals surface area (Å²) in [6, 6.07) is 1.98. The predicted molar refractivity (Wildman–Crippen MR) is 67.6 cm³/mol. The molecule has 1 saturated heterocycles. The Labute approximate surface area is 111 Å². The smallest absolute Gasteiger partial charge is 0.178 e. The summed E-state index contributed by atoms with van der Waals surface area (Å²) < 4.78 is 50.7. The monoisotopic (exact) mass is 290 g/mol. The van der Waals surface area contributed by atoms with Crippen molar-refractivity contribution >= 4 is 9.84 Å². The molecule has 0 unspecified atom stereocenters. The number of nitrogens with zero attached hydrogens (tertiary/aromatic N) is 1. The molecule has 2 rings (SSSR count). The summed E-state index contributed by atoms with van der Waals surface area (Å²) >= 11 is 0. The van der Waals surface area contributed by atoms with E-state index in [1.807, 2.05) is 4.90 Å². The van der Waals surface area contributed by atoms with Crippen molar-refractivity contribution in [2.75, 3.05) is 32.4 Å². The van der Waals surface area contributed by atoms with Crippen molar-refractivity contribution in [2.24, 2.45) is 0 Å². The summed E-state index contributed by atoms with van der Waals surface area (Å²) in [7, 11) is -3.69. The first-order valence-electron chi connectivity index (χ1n) is 5.99. The van der Waals surface area contributed by atoms with Crippen molar-refractivity contribution in [3.8, 4) is 0 Å². The third kappa shape index (κ3) is 3.29. The molecule has 0 aliphatic carbocycles. The highest BCUT2D eigenvalue weighted by Crippen LogP contribution is 2.22. The normalized spacial score (nSPS) is 17.6. The summed E-state index contributed by atoms with van der Waals surface area (Å²) in [4.78, 5) is 1.45. The van der Waals surface area contributed by atoms with E-state index in [-0.39, 0.29) is 12.1 Å². The molecular weight excluding hydrogens is 274 g/mol. The highest BCUT2D eigenvalue weighted by Gasteiger charge is 2.22. The van der Waals surface area contributed by atoms with Gasteiger partial charge < -0.3 is 5.32 Å². The van der Waals surface area contributed by atoms with Crippen LogP contribution in [0.2, 0.25) is 0 Å². The Morgan fingerprint density at radius 2 is 1.89 bits per heavy atom. The Morgan fingerprint density at radius 1 is 1.26 bits per heavy atom. The van der Waals surface area contributed by atoms with Gasteiger partial charge in [-0.05, 0) is 12.1 Å². The van der Waals surface area contributed by atoms with Crippen molar-refractivity contribution in [3.05, 3.63) is 29.3 Å². The highest BCUT2D eigenvalue weighted by molar-refractivity contribution is 7.90. The molecule has 1 aromatic rings. The van der Waals surface area contributed by atoms with Gasteiger partial charge in [-0.15, -0.1) is 0 Å². The molecule has 1 heterocycles. The maximum absolute atomic E-state index is 14.1. The molecule has 1 aliphatic rings. The van der Waals surface area contributed by atoms with Crippen LogP contribution in [-0.4, -0.2) is 45.8 Å². The summed E-state index contributed by atoms with van der Waals surface area (Å²) in [5.74, 6) is -1.68. The first-order chi connectivity index (χ1) is 8.89. The predicted octanol–water partition coefficient (Wildman–Crippen LogP) is 0.774. The second-order valence-corrected chi connectivity index (χ2v) is 6.62. The first-order valence-corrected chi connectivity index (χ1v) is 7.89. The minimum absolute atomic E-state index is 0.0860. The molecule has 1 aromatic carbocycles. The van der Waals surface area contributed by atoms with Crippen molar-refractivity contribution in [3.63, 3.8) is 0 Å². The molecular formula is C12H16F2N2O2S. The van der Waals surface area contributed by atoms with Gasteiger partial charge in [0.1, 0.15) is 16.5 Å². The van der Waals surface area contributed by atoms with Gasteiger partial charge in [0.25, 0.3) is 0 Å². The van der Waals surface area contributed by atoms with Gasteiger partial charge in [-0.25, -0.2) is 17.2 Å². The van der Waals surface area contributed by atoms with E-state index in [9.17, 15) is 17.2 Å². The van der Waals surface area contributed by atoms with Crippen LogP contribution in [-0.2, 0) is 16.4 Å². The van der Waals surface area contributed by atoms with Gasteiger partial charge >= 0.3 is 0 Å². The molecule has 0 spiro atoms. The quantitative estimate of drug-likeness (QED) is 0.836. The van der Waals surface area contributed by atoms with Crippen LogP contribution in [0.1, 0.15) is 5.56 Å². The van der Waals surface area contributed by atoms with Crippen LogP contribution in [0.4, 0.5) is 8.78 Å². The third-order valence-electron chi connectivity index (χ3n) is 3.14. The minimum atomic E-state index is -3.69. The van der Waals surface area contributed by atoms with Gasteiger partial charge in [0.15, 0.2) is 9.84 Å². The zero-order valence-electron chi connectivity index (χ0n) is 10.6. The van der Waals surface area contributed by atoms with Crippen LogP contribution < -0.4 is 5.32 Å². The summed E-state index contributed by atoms with van der Waals surface area (Å²) in [5.41, 5.74) is -0.176. The molecule has 0 radical (unpaired) electrons. The van der Waals surface area contributed by atoms with E-state index in [4.69, 9.17) is 0 Å². The van der Waals surface area contributed by atoms with E-state index in [2.05, 4.69) is 5.32 Å². The highest BCUT2D eigenvalue weighted by atomic mass is 32.2. The van der Waals surface area contributed by atoms with E-state index >= 15 is 0 Å². The third-order valence-corrected chi connectivity index (χ3v) is 4.26. The number of rotatable bonds is 3. The van der Waals surface area contributed by atoms with E-state index in [1.165, 1.54) is 0 Å². The second-order valence-electron chi connectivity index (χ2n) is 4.64. The number of sulfone groups is 1. The molecule has 19 heavy (non-hydrogen) atoms. The average molecular weight is 290 g/mol. The van der Waals surface area contributed by atoms with E-state index in [0.717, 1.165) is 31.5 Å². The topological polar surface area (TPSA) is 49.4 Å². The maximum Gasteiger partial charge on any atom is 0.178 e. The SMILES string of the molecule is CS(=O)(=O)c1ccc(F)c(CN2CCNCC2)c1F. The van der Waals surface area contributed by atoms with Gasteiger partial charge in [0.2, 0.25) is 0 Å². The van der Waals surface area contributed by atoms with Crippen molar-refractivity contribution in [2.45, 2.75) is 11.4 Å². The van der Waals surface area contributed by atoms with E-state index < -0.39 is 26.4 Å².